The number of hydrogen-bond donors (Lipinski definition) is 4. The minimum absolute atomic E-state index is 0.0985. The van der Waals surface area contributed by atoms with Crippen molar-refractivity contribution in [1.82, 2.24) is 15.5 Å². The van der Waals surface area contributed by atoms with Crippen LogP contribution in [0.3, 0.4) is 0 Å². The highest BCUT2D eigenvalue weighted by molar-refractivity contribution is 5.96. The van der Waals surface area contributed by atoms with Crippen LogP contribution in [0.15, 0.2) is 18.2 Å². The second-order valence-corrected chi connectivity index (χ2v) is 6.81. The van der Waals surface area contributed by atoms with Crippen LogP contribution in [0.1, 0.15) is 35.7 Å². The zero-order valence-corrected chi connectivity index (χ0v) is 16.0. The summed E-state index contributed by atoms with van der Waals surface area (Å²) in [5.41, 5.74) is 7.42. The van der Waals surface area contributed by atoms with Crippen LogP contribution < -0.4 is 21.7 Å². The second kappa shape index (κ2) is 9.91. The molecule has 0 unspecified atom stereocenters. The first-order valence-electron chi connectivity index (χ1n) is 9.36. The highest BCUT2D eigenvalue weighted by Crippen LogP contribution is 2.17. The largest absolute Gasteiger partial charge is 0.369 e. The minimum Gasteiger partial charge on any atom is -0.369 e. The number of piperidine rings is 1. The maximum atomic E-state index is 12.1. The van der Waals surface area contributed by atoms with E-state index in [1.807, 2.05) is 13.8 Å². The van der Waals surface area contributed by atoms with E-state index in [-0.39, 0.29) is 23.8 Å². The summed E-state index contributed by atoms with van der Waals surface area (Å²) in [5, 5.41) is 8.37. The predicted molar refractivity (Wildman–Crippen MR) is 105 cm³/mol. The fourth-order valence-corrected chi connectivity index (χ4v) is 3.19. The molecule has 5 N–H and O–H groups in total. The first kappa shape index (κ1) is 20.7. The van der Waals surface area contributed by atoms with E-state index in [9.17, 15) is 14.4 Å². The summed E-state index contributed by atoms with van der Waals surface area (Å²) in [4.78, 5) is 37.4. The molecule has 1 saturated heterocycles. The molecule has 1 heterocycles. The summed E-state index contributed by atoms with van der Waals surface area (Å²) in [6.45, 7) is 6.99. The van der Waals surface area contributed by atoms with Crippen LogP contribution in [0.25, 0.3) is 0 Å². The molecule has 1 aromatic rings. The van der Waals surface area contributed by atoms with E-state index in [0.29, 0.717) is 37.4 Å². The van der Waals surface area contributed by atoms with Crippen LogP contribution in [-0.4, -0.2) is 55.5 Å². The lowest BCUT2D eigenvalue weighted by molar-refractivity contribution is -0.123. The van der Waals surface area contributed by atoms with Crippen LogP contribution in [0, 0.1) is 12.8 Å². The van der Waals surface area contributed by atoms with Crippen molar-refractivity contribution in [3.05, 3.63) is 29.3 Å². The van der Waals surface area contributed by atoms with Gasteiger partial charge in [-0.05, 0) is 57.0 Å². The number of nitrogens with one attached hydrogen (secondary N) is 3. The zero-order chi connectivity index (χ0) is 19.8. The molecule has 1 aromatic carbocycles. The molecule has 4 amide bonds. The number of rotatable bonds is 7. The van der Waals surface area contributed by atoms with Gasteiger partial charge in [-0.2, -0.15) is 0 Å². The monoisotopic (exact) mass is 375 g/mol. The predicted octanol–water partition coefficient (Wildman–Crippen LogP) is 1.06. The molecule has 0 aliphatic carbocycles. The number of hydrogen-bond acceptors (Lipinski definition) is 4. The Morgan fingerprint density at radius 2 is 2.04 bits per heavy atom. The number of amides is 4. The second-order valence-electron chi connectivity index (χ2n) is 6.81. The highest BCUT2D eigenvalue weighted by Gasteiger charge is 2.23. The number of nitrogens with two attached hydrogens (primary N) is 1. The highest BCUT2D eigenvalue weighted by atomic mass is 16.2. The average molecular weight is 375 g/mol. The van der Waals surface area contributed by atoms with Gasteiger partial charge in [-0.1, -0.05) is 0 Å². The average Bonchev–Trinajstić information content (AvgIpc) is 2.64. The third-order valence-electron chi connectivity index (χ3n) is 4.70. The molecular weight excluding hydrogens is 346 g/mol. The quantitative estimate of drug-likeness (QED) is 0.570. The Bertz CT molecular complexity index is 692. The third kappa shape index (κ3) is 6.25. The van der Waals surface area contributed by atoms with Crippen molar-refractivity contribution in [2.45, 2.75) is 26.7 Å². The van der Waals surface area contributed by atoms with Gasteiger partial charge < -0.3 is 26.6 Å². The van der Waals surface area contributed by atoms with Gasteiger partial charge in [-0.3, -0.25) is 9.59 Å². The molecule has 1 fully saturated rings. The van der Waals surface area contributed by atoms with Gasteiger partial charge in [-0.25, -0.2) is 4.79 Å². The maximum absolute atomic E-state index is 12.1. The first-order chi connectivity index (χ1) is 12.9. The van der Waals surface area contributed by atoms with E-state index in [2.05, 4.69) is 20.9 Å². The Hall–Kier alpha value is -2.61. The van der Waals surface area contributed by atoms with Crippen molar-refractivity contribution in [3.8, 4) is 0 Å². The molecular formula is C19H29N5O3. The summed E-state index contributed by atoms with van der Waals surface area (Å²) in [7, 11) is 0. The van der Waals surface area contributed by atoms with Gasteiger partial charge in [0.15, 0.2) is 0 Å². The molecule has 1 atom stereocenters. The van der Waals surface area contributed by atoms with Crippen molar-refractivity contribution >= 4 is 23.5 Å². The molecule has 8 heteroatoms. The fraction of sp³-hybridized carbons (Fsp3) is 0.526. The summed E-state index contributed by atoms with van der Waals surface area (Å²) in [5.74, 6) is -0.483. The van der Waals surface area contributed by atoms with E-state index < -0.39 is 0 Å². The Morgan fingerprint density at radius 1 is 1.26 bits per heavy atom. The third-order valence-corrected chi connectivity index (χ3v) is 4.70. The number of primary amides is 1. The molecule has 1 aliphatic heterocycles. The summed E-state index contributed by atoms with van der Waals surface area (Å²) in [6, 6.07) is 4.86. The summed E-state index contributed by atoms with van der Waals surface area (Å²) >= 11 is 0. The van der Waals surface area contributed by atoms with Gasteiger partial charge >= 0.3 is 6.03 Å². The molecule has 0 saturated carbocycles. The number of carbonyl (C=O) groups is 3. The van der Waals surface area contributed by atoms with Gasteiger partial charge in [0.25, 0.3) is 5.91 Å². The lowest BCUT2D eigenvalue weighted by Gasteiger charge is -2.31. The zero-order valence-electron chi connectivity index (χ0n) is 16.0. The van der Waals surface area contributed by atoms with Gasteiger partial charge in [0.2, 0.25) is 5.91 Å². The van der Waals surface area contributed by atoms with Gasteiger partial charge in [0.1, 0.15) is 0 Å². The molecule has 0 spiro atoms. The van der Waals surface area contributed by atoms with Gasteiger partial charge in [-0.15, -0.1) is 0 Å². The minimum atomic E-state index is -0.299. The molecule has 148 valence electrons. The van der Waals surface area contributed by atoms with E-state index in [4.69, 9.17) is 5.73 Å². The topological polar surface area (TPSA) is 117 Å². The number of urea groups is 1. The first-order valence-corrected chi connectivity index (χ1v) is 9.36. The lowest BCUT2D eigenvalue weighted by atomic mass is 9.97. The normalized spacial score (nSPS) is 17.2. The van der Waals surface area contributed by atoms with Crippen molar-refractivity contribution < 1.29 is 14.4 Å². The lowest BCUT2D eigenvalue weighted by Crippen LogP contribution is -2.44. The van der Waals surface area contributed by atoms with Crippen molar-refractivity contribution in [1.29, 1.82) is 0 Å². The van der Waals surface area contributed by atoms with Crippen molar-refractivity contribution in [2.24, 2.45) is 11.7 Å². The van der Waals surface area contributed by atoms with Crippen LogP contribution >= 0.6 is 0 Å². The molecule has 27 heavy (non-hydrogen) atoms. The number of likely N-dealkylation sites (tertiary alicyclic amines) is 1. The molecule has 2 rings (SSSR count). The van der Waals surface area contributed by atoms with Crippen molar-refractivity contribution in [3.63, 3.8) is 0 Å². The Morgan fingerprint density at radius 3 is 2.70 bits per heavy atom. The Labute approximate surface area is 159 Å². The fourth-order valence-electron chi connectivity index (χ4n) is 3.19. The van der Waals surface area contributed by atoms with Crippen LogP contribution in [0.2, 0.25) is 0 Å². The number of benzene rings is 1. The van der Waals surface area contributed by atoms with Crippen LogP contribution in [-0.2, 0) is 4.79 Å². The van der Waals surface area contributed by atoms with Crippen LogP contribution in [0.5, 0.6) is 0 Å². The molecule has 8 nitrogen and oxygen atoms in total. The van der Waals surface area contributed by atoms with Crippen LogP contribution in [0.4, 0.5) is 10.5 Å². The summed E-state index contributed by atoms with van der Waals surface area (Å²) < 4.78 is 0. The van der Waals surface area contributed by atoms with E-state index in [1.165, 1.54) is 0 Å². The number of aryl methyl sites for hydroxylation is 1. The molecule has 0 radical (unpaired) electrons. The van der Waals surface area contributed by atoms with Gasteiger partial charge in [0, 0.05) is 37.4 Å². The Balaban J connectivity index is 1.78. The smallest absolute Gasteiger partial charge is 0.319 e. The van der Waals surface area contributed by atoms with E-state index in [0.717, 1.165) is 24.9 Å². The summed E-state index contributed by atoms with van der Waals surface area (Å²) in [6.07, 6.45) is 1.78. The number of anilines is 1. The van der Waals surface area contributed by atoms with Crippen molar-refractivity contribution in [2.75, 3.05) is 38.0 Å². The molecule has 0 bridgehead atoms. The number of nitrogens with zero attached hydrogens (tertiary/aromatic N) is 1. The maximum Gasteiger partial charge on any atom is 0.319 e. The van der Waals surface area contributed by atoms with E-state index >= 15 is 0 Å². The molecule has 0 aromatic heterocycles. The Kier molecular flexibility index (Phi) is 7.60. The molecule has 1 aliphatic rings. The standard InChI is InChI=1S/C19H29N5O3/c1-3-21-18(26)14-6-7-16(13(2)11-14)23-19(27)22-8-10-24-9-4-5-15(12-24)17(20)25/h6-7,11,15H,3-5,8-10,12H2,1-2H3,(H2,20,25)(H,21,26)(H2,22,23,27)/t15-/m0/s1. The number of carbonyl (C=O) groups excluding carboxylic acids is 3. The SMILES string of the molecule is CCNC(=O)c1ccc(NC(=O)NCCN2CCC[C@H](C(N)=O)C2)c(C)c1. The van der Waals surface area contributed by atoms with Gasteiger partial charge in [0.05, 0.1) is 5.92 Å². The van der Waals surface area contributed by atoms with E-state index in [1.54, 1.807) is 18.2 Å².